The Labute approximate surface area is 98.6 Å². The molecule has 1 aliphatic rings. The lowest BCUT2D eigenvalue weighted by Crippen LogP contribution is -2.32. The second-order valence-corrected chi connectivity index (χ2v) is 5.27. The smallest absolute Gasteiger partial charge is 0.120 e. The molecule has 0 aliphatic heterocycles. The van der Waals surface area contributed by atoms with Gasteiger partial charge in [0.2, 0.25) is 0 Å². The monoisotopic (exact) mass is 269 g/mol. The minimum absolute atomic E-state index is 0.0186. The Morgan fingerprint density at radius 3 is 2.53 bits per heavy atom. The fraction of sp³-hybridized carbons (Fsp3) is 0.500. The normalized spacial score (nSPS) is 19.3. The SMILES string of the molecule is NCC1(c2ccc(Br)cc2O)CCCC1. The molecule has 0 atom stereocenters. The Morgan fingerprint density at radius 2 is 2.00 bits per heavy atom. The van der Waals surface area contributed by atoms with Crippen molar-refractivity contribution in [3.8, 4) is 5.75 Å². The van der Waals surface area contributed by atoms with Crippen LogP contribution in [0.5, 0.6) is 5.75 Å². The highest BCUT2D eigenvalue weighted by molar-refractivity contribution is 9.10. The highest BCUT2D eigenvalue weighted by Gasteiger charge is 2.36. The molecule has 1 aromatic carbocycles. The first-order chi connectivity index (χ1) is 7.18. The number of halogens is 1. The van der Waals surface area contributed by atoms with Crippen LogP contribution in [0.25, 0.3) is 0 Å². The van der Waals surface area contributed by atoms with E-state index in [2.05, 4.69) is 15.9 Å². The quantitative estimate of drug-likeness (QED) is 0.868. The van der Waals surface area contributed by atoms with E-state index in [-0.39, 0.29) is 5.41 Å². The summed E-state index contributed by atoms with van der Waals surface area (Å²) in [7, 11) is 0. The number of rotatable bonds is 2. The summed E-state index contributed by atoms with van der Waals surface area (Å²) >= 11 is 3.35. The van der Waals surface area contributed by atoms with Crippen LogP contribution < -0.4 is 5.73 Å². The van der Waals surface area contributed by atoms with Gasteiger partial charge in [0, 0.05) is 22.0 Å². The molecule has 3 N–H and O–H groups in total. The Hall–Kier alpha value is -0.540. The highest BCUT2D eigenvalue weighted by Crippen LogP contribution is 2.44. The summed E-state index contributed by atoms with van der Waals surface area (Å²) in [5.74, 6) is 0.372. The molecule has 0 unspecified atom stereocenters. The molecule has 0 amide bonds. The molecule has 0 spiro atoms. The van der Waals surface area contributed by atoms with Crippen molar-refractivity contribution in [2.75, 3.05) is 6.54 Å². The lowest BCUT2D eigenvalue weighted by molar-refractivity contribution is 0.405. The van der Waals surface area contributed by atoms with Gasteiger partial charge in [-0.3, -0.25) is 0 Å². The van der Waals surface area contributed by atoms with Crippen molar-refractivity contribution in [2.24, 2.45) is 5.73 Å². The maximum absolute atomic E-state index is 9.96. The van der Waals surface area contributed by atoms with Crippen LogP contribution in [-0.2, 0) is 5.41 Å². The van der Waals surface area contributed by atoms with E-state index < -0.39 is 0 Å². The van der Waals surface area contributed by atoms with Gasteiger partial charge in [-0.1, -0.05) is 34.8 Å². The Balaban J connectivity index is 2.42. The largest absolute Gasteiger partial charge is 0.508 e. The zero-order valence-electron chi connectivity index (χ0n) is 8.67. The zero-order chi connectivity index (χ0) is 10.9. The van der Waals surface area contributed by atoms with E-state index in [1.807, 2.05) is 12.1 Å². The molecule has 0 radical (unpaired) electrons. The van der Waals surface area contributed by atoms with Crippen LogP contribution in [-0.4, -0.2) is 11.7 Å². The van der Waals surface area contributed by atoms with Gasteiger partial charge in [-0.15, -0.1) is 0 Å². The number of hydrogen-bond acceptors (Lipinski definition) is 2. The third-order valence-corrected chi connectivity index (χ3v) is 3.98. The van der Waals surface area contributed by atoms with Crippen LogP contribution in [0.15, 0.2) is 22.7 Å². The fourth-order valence-corrected chi connectivity index (χ4v) is 2.94. The van der Waals surface area contributed by atoms with E-state index in [1.54, 1.807) is 6.07 Å². The van der Waals surface area contributed by atoms with Crippen molar-refractivity contribution in [2.45, 2.75) is 31.1 Å². The average molecular weight is 270 g/mol. The van der Waals surface area contributed by atoms with E-state index in [4.69, 9.17) is 5.73 Å². The molecular weight excluding hydrogens is 254 g/mol. The molecule has 0 saturated heterocycles. The summed E-state index contributed by atoms with van der Waals surface area (Å²) in [5, 5.41) is 9.96. The van der Waals surface area contributed by atoms with E-state index in [0.717, 1.165) is 22.9 Å². The summed E-state index contributed by atoms with van der Waals surface area (Å²) in [6.07, 6.45) is 4.62. The number of nitrogens with two attached hydrogens (primary N) is 1. The van der Waals surface area contributed by atoms with Gasteiger partial charge in [0.05, 0.1) is 0 Å². The van der Waals surface area contributed by atoms with Crippen molar-refractivity contribution in [3.63, 3.8) is 0 Å². The molecule has 1 saturated carbocycles. The maximum atomic E-state index is 9.96. The number of hydrogen-bond donors (Lipinski definition) is 2. The number of phenols is 1. The minimum atomic E-state index is 0.0186. The van der Waals surface area contributed by atoms with Gasteiger partial charge in [0.25, 0.3) is 0 Å². The van der Waals surface area contributed by atoms with Crippen molar-refractivity contribution in [1.29, 1.82) is 0 Å². The van der Waals surface area contributed by atoms with Crippen molar-refractivity contribution >= 4 is 15.9 Å². The standard InChI is InChI=1S/C12H16BrNO/c13-9-3-4-10(11(15)7-9)12(8-14)5-1-2-6-12/h3-4,7,15H,1-2,5-6,8,14H2. The summed E-state index contributed by atoms with van der Waals surface area (Å²) in [6, 6.07) is 5.73. The molecule has 0 bridgehead atoms. The fourth-order valence-electron chi connectivity index (χ4n) is 2.59. The first kappa shape index (κ1) is 11.0. The molecule has 1 fully saturated rings. The lowest BCUT2D eigenvalue weighted by Gasteiger charge is -2.28. The van der Waals surface area contributed by atoms with E-state index in [9.17, 15) is 5.11 Å². The van der Waals surface area contributed by atoms with Crippen molar-refractivity contribution < 1.29 is 5.11 Å². The number of aromatic hydroxyl groups is 1. The second kappa shape index (κ2) is 4.14. The predicted molar refractivity (Wildman–Crippen MR) is 65.0 cm³/mol. The van der Waals surface area contributed by atoms with Gasteiger partial charge in [-0.05, 0) is 25.0 Å². The van der Waals surface area contributed by atoms with Crippen molar-refractivity contribution in [1.82, 2.24) is 0 Å². The number of benzene rings is 1. The molecule has 0 aromatic heterocycles. The minimum Gasteiger partial charge on any atom is -0.508 e. The zero-order valence-corrected chi connectivity index (χ0v) is 10.3. The molecule has 15 heavy (non-hydrogen) atoms. The van der Waals surface area contributed by atoms with Gasteiger partial charge in [0.1, 0.15) is 5.75 Å². The van der Waals surface area contributed by atoms with Gasteiger partial charge in [-0.2, -0.15) is 0 Å². The summed E-state index contributed by atoms with van der Waals surface area (Å²) in [4.78, 5) is 0. The second-order valence-electron chi connectivity index (χ2n) is 4.35. The van der Waals surface area contributed by atoms with Crippen molar-refractivity contribution in [3.05, 3.63) is 28.2 Å². The Bertz CT molecular complexity index is 359. The van der Waals surface area contributed by atoms with Crippen LogP contribution in [0.2, 0.25) is 0 Å². The third kappa shape index (κ3) is 1.91. The highest BCUT2D eigenvalue weighted by atomic mass is 79.9. The first-order valence-electron chi connectivity index (χ1n) is 5.37. The van der Waals surface area contributed by atoms with Crippen LogP contribution >= 0.6 is 15.9 Å². The molecule has 1 aromatic rings. The van der Waals surface area contributed by atoms with Gasteiger partial charge < -0.3 is 10.8 Å². The summed E-state index contributed by atoms with van der Waals surface area (Å²) in [5.41, 5.74) is 6.92. The third-order valence-electron chi connectivity index (χ3n) is 3.48. The Kier molecular flexibility index (Phi) is 3.03. The first-order valence-corrected chi connectivity index (χ1v) is 6.16. The topological polar surface area (TPSA) is 46.2 Å². The van der Waals surface area contributed by atoms with E-state index >= 15 is 0 Å². The van der Waals surface area contributed by atoms with E-state index in [0.29, 0.717) is 12.3 Å². The maximum Gasteiger partial charge on any atom is 0.120 e. The number of phenolic OH excluding ortho intramolecular Hbond substituents is 1. The van der Waals surface area contributed by atoms with Crippen LogP contribution in [0, 0.1) is 0 Å². The molecule has 3 heteroatoms. The average Bonchev–Trinajstić information content (AvgIpc) is 2.67. The summed E-state index contributed by atoms with van der Waals surface area (Å²) < 4.78 is 0.911. The molecule has 82 valence electrons. The van der Waals surface area contributed by atoms with Gasteiger partial charge in [0.15, 0.2) is 0 Å². The van der Waals surface area contributed by atoms with Gasteiger partial charge >= 0.3 is 0 Å². The Morgan fingerprint density at radius 1 is 1.33 bits per heavy atom. The predicted octanol–water partition coefficient (Wildman–Crippen LogP) is 2.93. The molecular formula is C12H16BrNO. The van der Waals surface area contributed by atoms with Crippen LogP contribution in [0.3, 0.4) is 0 Å². The molecule has 2 nitrogen and oxygen atoms in total. The molecule has 0 heterocycles. The van der Waals surface area contributed by atoms with Crippen LogP contribution in [0.1, 0.15) is 31.2 Å². The molecule has 1 aliphatic carbocycles. The summed E-state index contributed by atoms with van der Waals surface area (Å²) in [6.45, 7) is 0.627. The lowest BCUT2D eigenvalue weighted by atomic mass is 9.78. The molecule has 2 rings (SSSR count). The van der Waals surface area contributed by atoms with Gasteiger partial charge in [-0.25, -0.2) is 0 Å². The van der Waals surface area contributed by atoms with E-state index in [1.165, 1.54) is 12.8 Å². The van der Waals surface area contributed by atoms with Crippen LogP contribution in [0.4, 0.5) is 0 Å².